The number of aliphatic carboxylic acids is 1. The van der Waals surface area contributed by atoms with Crippen molar-refractivity contribution in [3.05, 3.63) is 52.1 Å². The van der Waals surface area contributed by atoms with Gasteiger partial charge in [-0.2, -0.15) is 0 Å². The summed E-state index contributed by atoms with van der Waals surface area (Å²) in [6.45, 7) is 6.30. The minimum atomic E-state index is -1.15. The number of hydrogen-bond acceptors (Lipinski definition) is 4. The first-order chi connectivity index (χ1) is 9.31. The molecule has 0 atom stereocenters. The van der Waals surface area contributed by atoms with Crippen LogP contribution >= 0.6 is 0 Å². The molecule has 0 heterocycles. The van der Waals surface area contributed by atoms with Gasteiger partial charge in [-0.25, -0.2) is 4.79 Å². The summed E-state index contributed by atoms with van der Waals surface area (Å²) in [5.74, 6) is -1.15. The van der Waals surface area contributed by atoms with Crippen LogP contribution in [-0.2, 0) is 4.79 Å². The van der Waals surface area contributed by atoms with E-state index in [0.29, 0.717) is 6.54 Å². The highest BCUT2D eigenvalue weighted by Gasteiger charge is 2.13. The molecule has 106 valence electrons. The lowest BCUT2D eigenvalue weighted by molar-refractivity contribution is -0.385. The van der Waals surface area contributed by atoms with Crippen LogP contribution in [0.4, 0.5) is 11.4 Å². The van der Waals surface area contributed by atoms with Gasteiger partial charge in [-0.3, -0.25) is 10.1 Å². The van der Waals surface area contributed by atoms with Crippen LogP contribution in [0.1, 0.15) is 12.5 Å². The number of anilines is 1. The maximum absolute atomic E-state index is 10.9. The molecule has 6 nitrogen and oxygen atoms in total. The number of carboxylic acid groups (broad SMARTS) is 1. The van der Waals surface area contributed by atoms with E-state index < -0.39 is 10.9 Å². The van der Waals surface area contributed by atoms with E-state index in [0.717, 1.165) is 17.3 Å². The standard InChI is InChI=1S/C14H16N2O4/c1-10(2)9-15(3)12-5-6-13(16(19)20)11(8-12)4-7-14(17)18/h4-8H,1,9H2,2-3H3,(H,17,18)/b7-4+. The Hall–Kier alpha value is -2.63. The summed E-state index contributed by atoms with van der Waals surface area (Å²) in [5, 5.41) is 19.5. The van der Waals surface area contributed by atoms with Gasteiger partial charge in [0.25, 0.3) is 5.69 Å². The highest BCUT2D eigenvalue weighted by atomic mass is 16.6. The van der Waals surface area contributed by atoms with Crippen LogP contribution < -0.4 is 4.90 Å². The molecule has 20 heavy (non-hydrogen) atoms. The second kappa shape index (κ2) is 6.51. The second-order valence-electron chi connectivity index (χ2n) is 4.48. The van der Waals surface area contributed by atoms with E-state index in [1.54, 1.807) is 12.1 Å². The number of nitrogens with zero attached hydrogens (tertiary/aromatic N) is 2. The molecule has 6 heteroatoms. The molecule has 0 unspecified atom stereocenters. The van der Waals surface area contributed by atoms with Crippen LogP contribution in [0, 0.1) is 10.1 Å². The smallest absolute Gasteiger partial charge is 0.328 e. The van der Waals surface area contributed by atoms with Gasteiger partial charge in [0.15, 0.2) is 0 Å². The predicted molar refractivity (Wildman–Crippen MR) is 77.9 cm³/mol. The van der Waals surface area contributed by atoms with Gasteiger partial charge < -0.3 is 10.0 Å². The fraction of sp³-hybridized carbons (Fsp3) is 0.214. The molecule has 0 saturated heterocycles. The van der Waals surface area contributed by atoms with Crippen molar-refractivity contribution in [3.63, 3.8) is 0 Å². The molecule has 0 amide bonds. The van der Waals surface area contributed by atoms with Crippen LogP contribution in [0.2, 0.25) is 0 Å². The van der Waals surface area contributed by atoms with Crippen molar-refractivity contribution >= 4 is 23.4 Å². The zero-order valence-corrected chi connectivity index (χ0v) is 11.4. The van der Waals surface area contributed by atoms with Crippen LogP contribution in [0.15, 0.2) is 36.4 Å². The molecule has 0 aliphatic carbocycles. The number of nitro groups is 1. The molecule has 0 aliphatic heterocycles. The number of nitro benzene ring substituents is 1. The molecular weight excluding hydrogens is 260 g/mol. The molecule has 0 bridgehead atoms. The predicted octanol–water partition coefficient (Wildman–Crippen LogP) is 2.70. The van der Waals surface area contributed by atoms with Gasteiger partial charge in [-0.15, -0.1) is 0 Å². The molecule has 0 spiro atoms. The minimum absolute atomic E-state index is 0.130. The molecule has 1 rings (SSSR count). The van der Waals surface area contributed by atoms with Gasteiger partial charge in [0.05, 0.1) is 10.5 Å². The Kier molecular flexibility index (Phi) is 5.02. The summed E-state index contributed by atoms with van der Waals surface area (Å²) in [7, 11) is 1.83. The number of hydrogen-bond donors (Lipinski definition) is 1. The molecule has 0 aliphatic rings. The van der Waals surface area contributed by atoms with Crippen molar-refractivity contribution in [2.45, 2.75) is 6.92 Å². The van der Waals surface area contributed by atoms with Crippen molar-refractivity contribution in [2.75, 3.05) is 18.5 Å². The fourth-order valence-corrected chi connectivity index (χ4v) is 1.74. The summed E-state index contributed by atoms with van der Waals surface area (Å²) in [5.41, 5.74) is 1.83. The minimum Gasteiger partial charge on any atom is -0.478 e. The Morgan fingerprint density at radius 2 is 2.20 bits per heavy atom. The SMILES string of the molecule is C=C(C)CN(C)c1ccc([N+](=O)[O-])c(/C=C/C(=O)O)c1. The van der Waals surface area contributed by atoms with Crippen molar-refractivity contribution < 1.29 is 14.8 Å². The first-order valence-corrected chi connectivity index (χ1v) is 5.86. The zero-order chi connectivity index (χ0) is 15.3. The molecule has 0 fully saturated rings. The Morgan fingerprint density at radius 3 is 2.70 bits per heavy atom. The first-order valence-electron chi connectivity index (χ1n) is 5.86. The van der Waals surface area contributed by atoms with Crippen LogP contribution in [0.25, 0.3) is 6.08 Å². The monoisotopic (exact) mass is 276 g/mol. The van der Waals surface area contributed by atoms with Gasteiger partial charge in [0.2, 0.25) is 0 Å². The largest absolute Gasteiger partial charge is 0.478 e. The summed E-state index contributed by atoms with van der Waals surface area (Å²) < 4.78 is 0. The van der Waals surface area contributed by atoms with E-state index in [4.69, 9.17) is 5.11 Å². The van der Waals surface area contributed by atoms with Crippen molar-refractivity contribution in [3.8, 4) is 0 Å². The third kappa shape index (κ3) is 4.24. The van der Waals surface area contributed by atoms with E-state index in [1.807, 2.05) is 18.9 Å². The van der Waals surface area contributed by atoms with Gasteiger partial charge in [0, 0.05) is 31.4 Å². The molecule has 1 N–H and O–H groups in total. The van der Waals surface area contributed by atoms with E-state index in [-0.39, 0.29) is 11.3 Å². The Morgan fingerprint density at radius 1 is 1.55 bits per heavy atom. The summed E-state index contributed by atoms with van der Waals surface area (Å²) in [4.78, 5) is 22.8. The summed E-state index contributed by atoms with van der Waals surface area (Å²) >= 11 is 0. The molecule has 1 aromatic rings. The molecular formula is C14H16N2O4. The van der Waals surface area contributed by atoms with Crippen molar-refractivity contribution in [2.24, 2.45) is 0 Å². The number of carboxylic acids is 1. The highest BCUT2D eigenvalue weighted by Crippen LogP contribution is 2.26. The number of benzene rings is 1. The van der Waals surface area contributed by atoms with E-state index in [9.17, 15) is 14.9 Å². The second-order valence-corrected chi connectivity index (χ2v) is 4.48. The zero-order valence-electron chi connectivity index (χ0n) is 11.4. The van der Waals surface area contributed by atoms with Gasteiger partial charge in [0.1, 0.15) is 0 Å². The Balaban J connectivity index is 3.19. The number of carbonyl (C=O) groups is 1. The molecule has 0 saturated carbocycles. The maximum atomic E-state index is 10.9. The normalized spacial score (nSPS) is 10.5. The number of rotatable bonds is 6. The van der Waals surface area contributed by atoms with E-state index in [1.165, 1.54) is 12.1 Å². The molecule has 1 aromatic carbocycles. The fourth-order valence-electron chi connectivity index (χ4n) is 1.74. The van der Waals surface area contributed by atoms with E-state index >= 15 is 0 Å². The van der Waals surface area contributed by atoms with Crippen molar-refractivity contribution in [1.82, 2.24) is 0 Å². The van der Waals surface area contributed by atoms with Crippen LogP contribution in [-0.4, -0.2) is 29.6 Å². The van der Waals surface area contributed by atoms with Crippen molar-refractivity contribution in [1.29, 1.82) is 0 Å². The molecule has 0 radical (unpaired) electrons. The Bertz CT molecular complexity index is 579. The highest BCUT2D eigenvalue weighted by molar-refractivity contribution is 5.86. The molecule has 0 aromatic heterocycles. The third-order valence-corrected chi connectivity index (χ3v) is 2.56. The quantitative estimate of drug-likeness (QED) is 0.374. The maximum Gasteiger partial charge on any atom is 0.328 e. The average Bonchev–Trinajstić information content (AvgIpc) is 2.34. The van der Waals surface area contributed by atoms with E-state index in [2.05, 4.69) is 6.58 Å². The lowest BCUT2D eigenvalue weighted by Crippen LogP contribution is -2.19. The lowest BCUT2D eigenvalue weighted by atomic mass is 10.1. The van der Waals surface area contributed by atoms with Gasteiger partial charge in [-0.05, 0) is 25.1 Å². The van der Waals surface area contributed by atoms with Gasteiger partial charge in [-0.1, -0.05) is 12.2 Å². The third-order valence-electron chi connectivity index (χ3n) is 2.56. The topological polar surface area (TPSA) is 83.7 Å². The summed E-state index contributed by atoms with van der Waals surface area (Å²) in [6, 6.07) is 4.57. The number of likely N-dealkylation sites (N-methyl/N-ethyl adjacent to an activating group) is 1. The van der Waals surface area contributed by atoms with Crippen LogP contribution in [0.5, 0.6) is 0 Å². The lowest BCUT2D eigenvalue weighted by Gasteiger charge is -2.19. The summed E-state index contributed by atoms with van der Waals surface area (Å²) in [6.07, 6.45) is 2.10. The Labute approximate surface area is 116 Å². The van der Waals surface area contributed by atoms with Gasteiger partial charge >= 0.3 is 5.97 Å². The van der Waals surface area contributed by atoms with Crippen LogP contribution in [0.3, 0.4) is 0 Å². The average molecular weight is 276 g/mol. The first kappa shape index (κ1) is 15.4.